The van der Waals surface area contributed by atoms with Crippen LogP contribution in [-0.2, 0) is 0 Å². The van der Waals surface area contributed by atoms with Gasteiger partial charge >= 0.3 is 0 Å². The fourth-order valence-electron chi connectivity index (χ4n) is 0.878. The molecule has 0 aromatic carbocycles. The van der Waals surface area contributed by atoms with E-state index in [1.54, 1.807) is 6.19 Å². The van der Waals surface area contributed by atoms with Crippen molar-refractivity contribution in [1.82, 2.24) is 9.97 Å². The summed E-state index contributed by atoms with van der Waals surface area (Å²) in [6.45, 7) is 5.75. The van der Waals surface area contributed by atoms with Crippen molar-refractivity contribution in [2.75, 3.05) is 5.32 Å². The van der Waals surface area contributed by atoms with E-state index in [1.165, 1.54) is 0 Å². The lowest BCUT2D eigenvalue weighted by Gasteiger charge is -2.04. The van der Waals surface area contributed by atoms with E-state index in [9.17, 15) is 0 Å². The Morgan fingerprint density at radius 3 is 2.08 bits per heavy atom. The molecule has 4 heteroatoms. The lowest BCUT2D eigenvalue weighted by Crippen LogP contribution is -2.01. The predicted molar refractivity (Wildman–Crippen MR) is 45.5 cm³/mol. The molecule has 0 saturated carbocycles. The van der Waals surface area contributed by atoms with E-state index < -0.39 is 0 Å². The van der Waals surface area contributed by atoms with Crippen molar-refractivity contribution >= 4 is 5.95 Å². The maximum atomic E-state index is 8.33. The van der Waals surface area contributed by atoms with Gasteiger partial charge in [-0.1, -0.05) is 0 Å². The summed E-state index contributed by atoms with van der Waals surface area (Å²) in [5, 5.41) is 10.7. The molecule has 1 rings (SSSR count). The molecule has 1 heterocycles. The monoisotopic (exact) mass is 162 g/mol. The molecule has 0 saturated heterocycles. The molecule has 62 valence electrons. The third kappa shape index (κ3) is 1.51. The van der Waals surface area contributed by atoms with Gasteiger partial charge < -0.3 is 0 Å². The van der Waals surface area contributed by atoms with Gasteiger partial charge in [0.1, 0.15) is 0 Å². The summed E-state index contributed by atoms with van der Waals surface area (Å²) < 4.78 is 0. The number of anilines is 1. The van der Waals surface area contributed by atoms with Crippen LogP contribution in [0.4, 0.5) is 5.95 Å². The van der Waals surface area contributed by atoms with Gasteiger partial charge in [-0.15, -0.1) is 0 Å². The van der Waals surface area contributed by atoms with Crippen LogP contribution in [-0.4, -0.2) is 9.97 Å². The van der Waals surface area contributed by atoms with Crippen LogP contribution in [0.2, 0.25) is 0 Å². The lowest BCUT2D eigenvalue weighted by atomic mass is 10.2. The first kappa shape index (κ1) is 8.47. The van der Waals surface area contributed by atoms with Crippen LogP contribution in [0.25, 0.3) is 0 Å². The second kappa shape index (κ2) is 3.18. The Labute approximate surface area is 71.3 Å². The summed E-state index contributed by atoms with van der Waals surface area (Å²) in [6.07, 6.45) is 1.78. The first-order valence-corrected chi connectivity index (χ1v) is 3.62. The Hall–Kier alpha value is -1.63. The Kier molecular flexibility index (Phi) is 2.24. The van der Waals surface area contributed by atoms with Crippen LogP contribution in [0.15, 0.2) is 0 Å². The zero-order valence-corrected chi connectivity index (χ0v) is 7.34. The van der Waals surface area contributed by atoms with Gasteiger partial charge in [-0.2, -0.15) is 5.26 Å². The molecule has 4 nitrogen and oxygen atoms in total. The second-order valence-corrected chi connectivity index (χ2v) is 2.58. The van der Waals surface area contributed by atoms with Crippen molar-refractivity contribution in [3.63, 3.8) is 0 Å². The standard InChI is InChI=1S/C8H10N4/c1-5-6(2)11-8(10-4-9)12-7(5)3/h1-3H3,(H,10,11,12). The zero-order valence-electron chi connectivity index (χ0n) is 7.34. The minimum atomic E-state index is 0.373. The molecule has 12 heavy (non-hydrogen) atoms. The summed E-state index contributed by atoms with van der Waals surface area (Å²) >= 11 is 0. The van der Waals surface area contributed by atoms with Gasteiger partial charge in [0, 0.05) is 11.4 Å². The molecule has 0 bridgehead atoms. The Bertz CT molecular complexity index is 314. The van der Waals surface area contributed by atoms with Crippen molar-refractivity contribution in [2.45, 2.75) is 20.8 Å². The largest absolute Gasteiger partial charge is 0.261 e. The highest BCUT2D eigenvalue weighted by atomic mass is 15.1. The van der Waals surface area contributed by atoms with E-state index >= 15 is 0 Å². The van der Waals surface area contributed by atoms with E-state index in [0.717, 1.165) is 17.0 Å². The molecule has 0 atom stereocenters. The molecule has 0 aliphatic heterocycles. The number of aryl methyl sites for hydroxylation is 2. The van der Waals surface area contributed by atoms with E-state index in [-0.39, 0.29) is 0 Å². The highest BCUT2D eigenvalue weighted by Gasteiger charge is 2.02. The number of aromatic nitrogens is 2. The first-order valence-electron chi connectivity index (χ1n) is 3.62. The Morgan fingerprint density at radius 2 is 1.67 bits per heavy atom. The quantitative estimate of drug-likeness (QED) is 0.499. The highest BCUT2D eigenvalue weighted by Crippen LogP contribution is 2.09. The average molecular weight is 162 g/mol. The predicted octanol–water partition coefficient (Wildman–Crippen LogP) is 1.29. The fourth-order valence-corrected chi connectivity index (χ4v) is 0.878. The Balaban J connectivity index is 3.14. The minimum absolute atomic E-state index is 0.373. The summed E-state index contributed by atoms with van der Waals surface area (Å²) in [5.41, 5.74) is 2.87. The van der Waals surface area contributed by atoms with Gasteiger partial charge in [0.05, 0.1) is 0 Å². The average Bonchev–Trinajstić information content (AvgIpc) is 2.01. The van der Waals surface area contributed by atoms with Crippen LogP contribution in [0, 0.1) is 32.2 Å². The highest BCUT2D eigenvalue weighted by molar-refractivity contribution is 5.35. The normalized spacial score (nSPS) is 9.17. The molecule has 0 fully saturated rings. The van der Waals surface area contributed by atoms with Crippen LogP contribution >= 0.6 is 0 Å². The SMILES string of the molecule is Cc1nc(NC#N)nc(C)c1C. The van der Waals surface area contributed by atoms with Gasteiger partial charge in [0.25, 0.3) is 0 Å². The molecule has 0 aliphatic carbocycles. The van der Waals surface area contributed by atoms with Crippen LogP contribution in [0.5, 0.6) is 0 Å². The fraction of sp³-hybridized carbons (Fsp3) is 0.375. The molecule has 0 radical (unpaired) electrons. The van der Waals surface area contributed by atoms with Crippen LogP contribution in [0.1, 0.15) is 17.0 Å². The van der Waals surface area contributed by atoms with Crippen molar-refractivity contribution in [1.29, 1.82) is 5.26 Å². The van der Waals surface area contributed by atoms with Crippen LogP contribution in [0.3, 0.4) is 0 Å². The molecule has 0 amide bonds. The maximum Gasteiger partial charge on any atom is 0.236 e. The number of nitrogens with zero attached hydrogens (tertiary/aromatic N) is 3. The number of hydrogen-bond donors (Lipinski definition) is 1. The van der Waals surface area contributed by atoms with Gasteiger partial charge in [-0.3, -0.25) is 5.32 Å². The smallest absolute Gasteiger partial charge is 0.236 e. The number of rotatable bonds is 1. The van der Waals surface area contributed by atoms with E-state index in [4.69, 9.17) is 5.26 Å². The molecule has 1 aromatic rings. The van der Waals surface area contributed by atoms with Gasteiger partial charge in [-0.25, -0.2) is 9.97 Å². The first-order chi connectivity index (χ1) is 5.65. The number of nitriles is 1. The topological polar surface area (TPSA) is 61.6 Å². The van der Waals surface area contributed by atoms with E-state index in [1.807, 2.05) is 20.8 Å². The number of nitrogens with one attached hydrogen (secondary N) is 1. The summed E-state index contributed by atoms with van der Waals surface area (Å²) in [6, 6.07) is 0. The van der Waals surface area contributed by atoms with E-state index in [0.29, 0.717) is 5.95 Å². The third-order valence-corrected chi connectivity index (χ3v) is 1.80. The van der Waals surface area contributed by atoms with Gasteiger partial charge in [0.2, 0.25) is 5.95 Å². The molecular formula is C8H10N4. The van der Waals surface area contributed by atoms with Crippen molar-refractivity contribution < 1.29 is 0 Å². The van der Waals surface area contributed by atoms with Crippen molar-refractivity contribution in [3.8, 4) is 6.19 Å². The summed E-state index contributed by atoms with van der Waals surface area (Å²) in [5.74, 6) is 0.373. The minimum Gasteiger partial charge on any atom is -0.261 e. The molecule has 1 aromatic heterocycles. The molecular weight excluding hydrogens is 152 g/mol. The Morgan fingerprint density at radius 1 is 1.17 bits per heavy atom. The molecule has 0 spiro atoms. The van der Waals surface area contributed by atoms with Gasteiger partial charge in [-0.05, 0) is 26.3 Å². The lowest BCUT2D eigenvalue weighted by molar-refractivity contribution is 1.02. The second-order valence-electron chi connectivity index (χ2n) is 2.58. The van der Waals surface area contributed by atoms with E-state index in [2.05, 4.69) is 15.3 Å². The number of hydrogen-bond acceptors (Lipinski definition) is 4. The molecule has 0 aliphatic rings. The third-order valence-electron chi connectivity index (χ3n) is 1.80. The summed E-state index contributed by atoms with van der Waals surface area (Å²) in [7, 11) is 0. The van der Waals surface area contributed by atoms with Crippen LogP contribution < -0.4 is 5.32 Å². The van der Waals surface area contributed by atoms with Crippen molar-refractivity contribution in [3.05, 3.63) is 17.0 Å². The molecule has 0 unspecified atom stereocenters. The zero-order chi connectivity index (χ0) is 9.14. The summed E-state index contributed by atoms with van der Waals surface area (Å²) in [4.78, 5) is 8.16. The maximum absolute atomic E-state index is 8.33. The van der Waals surface area contributed by atoms with Crippen molar-refractivity contribution in [2.24, 2.45) is 0 Å². The van der Waals surface area contributed by atoms with Gasteiger partial charge in [0.15, 0.2) is 6.19 Å². The molecule has 1 N–H and O–H groups in total.